The summed E-state index contributed by atoms with van der Waals surface area (Å²) in [7, 11) is 0. The van der Waals surface area contributed by atoms with Gasteiger partial charge in [-0.25, -0.2) is 0 Å². The molecule has 0 aromatic heterocycles. The first-order valence-corrected chi connectivity index (χ1v) is 6.88. The van der Waals surface area contributed by atoms with Gasteiger partial charge in [-0.1, -0.05) is 19.1 Å². The fourth-order valence-electron chi connectivity index (χ4n) is 4.51. The molecule has 3 fully saturated rings. The minimum Gasteiger partial charge on any atom is -0.390 e. The second kappa shape index (κ2) is 3.16. The highest BCUT2D eigenvalue weighted by molar-refractivity contribution is 5.29. The monoisotopic (exact) mass is 236 g/mol. The van der Waals surface area contributed by atoms with Crippen LogP contribution in [0.5, 0.6) is 0 Å². The van der Waals surface area contributed by atoms with Crippen molar-refractivity contribution in [1.29, 1.82) is 0 Å². The zero-order chi connectivity index (χ0) is 12.5. The summed E-state index contributed by atoms with van der Waals surface area (Å²) in [6, 6.07) is 0. The molecule has 17 heavy (non-hydrogen) atoms. The molecule has 3 rings (SSSR count). The molecule has 0 amide bonds. The van der Waals surface area contributed by atoms with Gasteiger partial charge in [-0.2, -0.15) is 0 Å². The predicted molar refractivity (Wildman–Crippen MR) is 67.7 cm³/mol. The number of hydrogen-bond donors (Lipinski definition) is 1. The largest absolute Gasteiger partial charge is 0.390 e. The number of allylic oxidation sites excluding steroid dienone is 1. The lowest BCUT2D eigenvalue weighted by Gasteiger charge is -2.48. The Labute approximate surface area is 104 Å². The van der Waals surface area contributed by atoms with Crippen LogP contribution in [0.15, 0.2) is 12.2 Å². The summed E-state index contributed by atoms with van der Waals surface area (Å²) >= 11 is 0. The predicted octanol–water partition coefficient (Wildman–Crippen LogP) is 3.05. The first-order valence-electron chi connectivity index (χ1n) is 6.88. The van der Waals surface area contributed by atoms with Gasteiger partial charge >= 0.3 is 0 Å². The van der Waals surface area contributed by atoms with Crippen molar-refractivity contribution in [2.75, 3.05) is 0 Å². The van der Waals surface area contributed by atoms with Gasteiger partial charge < -0.3 is 9.84 Å². The Balaban J connectivity index is 1.94. The van der Waals surface area contributed by atoms with E-state index in [-0.39, 0.29) is 22.7 Å². The molecule has 1 aliphatic heterocycles. The maximum absolute atomic E-state index is 10.2. The van der Waals surface area contributed by atoms with Crippen molar-refractivity contribution in [2.45, 2.75) is 70.2 Å². The van der Waals surface area contributed by atoms with Crippen LogP contribution in [0.4, 0.5) is 0 Å². The van der Waals surface area contributed by atoms with Crippen LogP contribution in [0.1, 0.15) is 52.9 Å². The molecular formula is C15H24O2. The van der Waals surface area contributed by atoms with Crippen molar-refractivity contribution < 1.29 is 9.84 Å². The second-order valence-corrected chi connectivity index (χ2v) is 6.94. The molecule has 1 N–H and O–H groups in total. The summed E-state index contributed by atoms with van der Waals surface area (Å²) in [5.74, 6) is 0.579. The number of epoxide rings is 1. The molecule has 2 nitrogen and oxygen atoms in total. The van der Waals surface area contributed by atoms with E-state index in [0.717, 1.165) is 19.3 Å². The van der Waals surface area contributed by atoms with Gasteiger partial charge in [0.2, 0.25) is 0 Å². The maximum atomic E-state index is 10.2. The number of ether oxygens (including phenoxy) is 1. The maximum Gasteiger partial charge on any atom is 0.121 e. The van der Waals surface area contributed by atoms with Crippen molar-refractivity contribution in [2.24, 2.45) is 11.3 Å². The number of hydrogen-bond acceptors (Lipinski definition) is 2. The van der Waals surface area contributed by atoms with Gasteiger partial charge in [-0.15, -0.1) is 0 Å². The average Bonchev–Trinajstić information content (AvgIpc) is 2.88. The molecule has 5 atom stereocenters. The molecule has 1 saturated heterocycles. The SMILES string of the molecule is C=C(C)C1CCC2(C)CCC(O)C3(C)OC23C1. The quantitative estimate of drug-likeness (QED) is 0.560. The third-order valence-corrected chi connectivity index (χ3v) is 6.00. The van der Waals surface area contributed by atoms with Crippen LogP contribution in [-0.2, 0) is 4.74 Å². The normalized spacial score (nSPS) is 56.9. The number of aliphatic hydroxyl groups excluding tert-OH is 1. The van der Waals surface area contributed by atoms with Gasteiger partial charge in [0, 0.05) is 0 Å². The van der Waals surface area contributed by atoms with Crippen LogP contribution in [0.2, 0.25) is 0 Å². The van der Waals surface area contributed by atoms with Gasteiger partial charge in [-0.3, -0.25) is 0 Å². The molecule has 1 spiro atoms. The van der Waals surface area contributed by atoms with Crippen LogP contribution < -0.4 is 0 Å². The van der Waals surface area contributed by atoms with Crippen LogP contribution in [-0.4, -0.2) is 22.4 Å². The Kier molecular flexibility index (Phi) is 2.18. The molecule has 0 aromatic carbocycles. The average molecular weight is 236 g/mol. The van der Waals surface area contributed by atoms with E-state index in [2.05, 4.69) is 27.4 Å². The third-order valence-electron chi connectivity index (χ3n) is 6.00. The molecule has 5 unspecified atom stereocenters. The summed E-state index contributed by atoms with van der Waals surface area (Å²) in [5.41, 5.74) is 1.19. The van der Waals surface area contributed by atoms with Crippen LogP contribution in [0.25, 0.3) is 0 Å². The molecule has 1 heterocycles. The van der Waals surface area contributed by atoms with Crippen molar-refractivity contribution in [3.05, 3.63) is 12.2 Å². The van der Waals surface area contributed by atoms with E-state index in [4.69, 9.17) is 4.74 Å². The zero-order valence-electron chi connectivity index (χ0n) is 11.3. The highest BCUT2D eigenvalue weighted by atomic mass is 16.6. The van der Waals surface area contributed by atoms with E-state index in [1.54, 1.807) is 0 Å². The minimum atomic E-state index is -0.284. The zero-order valence-corrected chi connectivity index (χ0v) is 11.3. The van der Waals surface area contributed by atoms with Gasteiger partial charge in [0.15, 0.2) is 0 Å². The topological polar surface area (TPSA) is 32.8 Å². The summed E-state index contributed by atoms with van der Waals surface area (Å²) in [4.78, 5) is 0. The van der Waals surface area contributed by atoms with E-state index in [1.807, 2.05) is 0 Å². The summed E-state index contributed by atoms with van der Waals surface area (Å²) in [5, 5.41) is 10.2. The Morgan fingerprint density at radius 2 is 1.94 bits per heavy atom. The molecule has 2 heteroatoms. The fourth-order valence-corrected chi connectivity index (χ4v) is 4.51. The number of rotatable bonds is 1. The van der Waals surface area contributed by atoms with E-state index < -0.39 is 0 Å². The summed E-state index contributed by atoms with van der Waals surface area (Å²) in [6.45, 7) is 10.7. The van der Waals surface area contributed by atoms with Crippen molar-refractivity contribution >= 4 is 0 Å². The first kappa shape index (κ1) is 11.7. The van der Waals surface area contributed by atoms with Crippen LogP contribution in [0.3, 0.4) is 0 Å². The van der Waals surface area contributed by atoms with E-state index in [1.165, 1.54) is 18.4 Å². The van der Waals surface area contributed by atoms with E-state index >= 15 is 0 Å². The molecule has 0 aromatic rings. The molecular weight excluding hydrogens is 212 g/mol. The van der Waals surface area contributed by atoms with E-state index in [0.29, 0.717) is 5.92 Å². The van der Waals surface area contributed by atoms with Crippen molar-refractivity contribution in [3.63, 3.8) is 0 Å². The molecule has 0 radical (unpaired) electrons. The van der Waals surface area contributed by atoms with Crippen LogP contribution >= 0.6 is 0 Å². The van der Waals surface area contributed by atoms with Crippen LogP contribution in [0, 0.1) is 11.3 Å². The van der Waals surface area contributed by atoms with Gasteiger partial charge in [0.25, 0.3) is 0 Å². The Hall–Kier alpha value is -0.340. The minimum absolute atomic E-state index is 0.0699. The lowest BCUT2D eigenvalue weighted by Crippen LogP contribution is -2.53. The van der Waals surface area contributed by atoms with Crippen molar-refractivity contribution in [1.82, 2.24) is 0 Å². The van der Waals surface area contributed by atoms with E-state index in [9.17, 15) is 5.11 Å². The lowest BCUT2D eigenvalue weighted by molar-refractivity contribution is 0.00115. The molecule has 2 saturated carbocycles. The highest BCUT2D eigenvalue weighted by Gasteiger charge is 2.79. The Morgan fingerprint density at radius 1 is 1.29 bits per heavy atom. The fraction of sp³-hybridized carbons (Fsp3) is 0.867. The van der Waals surface area contributed by atoms with Gasteiger partial charge in [-0.05, 0) is 57.3 Å². The molecule has 96 valence electrons. The van der Waals surface area contributed by atoms with Gasteiger partial charge in [0.1, 0.15) is 11.2 Å². The van der Waals surface area contributed by atoms with Crippen molar-refractivity contribution in [3.8, 4) is 0 Å². The summed E-state index contributed by atoms with van der Waals surface area (Å²) in [6.07, 6.45) is 5.24. The highest BCUT2D eigenvalue weighted by Crippen LogP contribution is 2.71. The standard InChI is InChI=1S/C15H24O2/c1-10(2)11-5-7-13(3)8-6-12(16)14(4)15(13,9-11)17-14/h11-12,16H,1,5-9H2,2-4H3. The first-order chi connectivity index (χ1) is 7.85. The summed E-state index contributed by atoms with van der Waals surface area (Å²) < 4.78 is 6.16. The molecule has 3 aliphatic rings. The molecule has 0 bridgehead atoms. The molecule has 2 aliphatic carbocycles. The Bertz CT molecular complexity index is 377. The van der Waals surface area contributed by atoms with Gasteiger partial charge in [0.05, 0.1) is 6.10 Å². The smallest absolute Gasteiger partial charge is 0.121 e. The Morgan fingerprint density at radius 3 is 2.59 bits per heavy atom. The lowest BCUT2D eigenvalue weighted by atomic mass is 9.54. The second-order valence-electron chi connectivity index (χ2n) is 6.94. The third kappa shape index (κ3) is 1.23. The number of aliphatic hydroxyl groups is 1.